The first-order valence-electron chi connectivity index (χ1n) is 8.58. The molecular formula is C14H26N2O9P2S. The van der Waals surface area contributed by atoms with Crippen LogP contribution in [0.4, 0.5) is 0 Å². The minimum atomic E-state index is -4.66. The van der Waals surface area contributed by atoms with E-state index in [0.717, 1.165) is 6.66 Å². The maximum atomic E-state index is 11.9. The Balaban J connectivity index is 2.11. The van der Waals surface area contributed by atoms with Gasteiger partial charge in [0.1, 0.15) is 0 Å². The van der Waals surface area contributed by atoms with Crippen molar-refractivity contribution in [2.75, 3.05) is 32.6 Å². The first kappa shape index (κ1) is 25.3. The first-order valence-corrected chi connectivity index (χ1v) is 13.4. The van der Waals surface area contributed by atoms with Gasteiger partial charge in [0.15, 0.2) is 0 Å². The molecule has 11 nitrogen and oxygen atoms in total. The van der Waals surface area contributed by atoms with Crippen molar-refractivity contribution in [3.05, 3.63) is 0 Å². The van der Waals surface area contributed by atoms with Crippen molar-refractivity contribution in [3.63, 3.8) is 0 Å². The Hall–Kier alpha value is -0.740. The molecule has 3 unspecified atom stereocenters. The fraction of sp³-hybridized carbons (Fsp3) is 0.786. The van der Waals surface area contributed by atoms with Gasteiger partial charge in [-0.2, -0.15) is 11.8 Å². The van der Waals surface area contributed by atoms with E-state index in [-0.39, 0.29) is 49.0 Å². The third-order valence-corrected chi connectivity index (χ3v) is 7.19. The van der Waals surface area contributed by atoms with Crippen LogP contribution in [0.3, 0.4) is 0 Å². The molecule has 3 N–H and O–H groups in total. The minimum Gasteiger partial charge on any atom is -0.354 e. The third-order valence-electron chi connectivity index (χ3n) is 3.71. The van der Waals surface area contributed by atoms with Crippen molar-refractivity contribution in [2.24, 2.45) is 0 Å². The zero-order chi connectivity index (χ0) is 21.4. The van der Waals surface area contributed by atoms with Crippen LogP contribution >= 0.6 is 27.2 Å². The fourth-order valence-electron chi connectivity index (χ4n) is 2.46. The summed E-state index contributed by atoms with van der Waals surface area (Å²) in [6.45, 7) is 0.661. The summed E-state index contributed by atoms with van der Waals surface area (Å²) in [5.41, 5.74) is 0. The Kier molecular flexibility index (Phi) is 10.3. The van der Waals surface area contributed by atoms with E-state index in [0.29, 0.717) is 25.8 Å². The minimum absolute atomic E-state index is 0.0704. The summed E-state index contributed by atoms with van der Waals surface area (Å²) in [7, 11) is -8.83. The molecule has 1 heterocycles. The van der Waals surface area contributed by atoms with Crippen LogP contribution < -0.4 is 5.32 Å². The van der Waals surface area contributed by atoms with E-state index in [9.17, 15) is 28.4 Å². The highest BCUT2D eigenvalue weighted by Gasteiger charge is 2.37. The van der Waals surface area contributed by atoms with Gasteiger partial charge < -0.3 is 15.1 Å². The number of nitrogens with zero attached hydrogens (tertiary/aromatic N) is 1. The van der Waals surface area contributed by atoms with Gasteiger partial charge in [-0.3, -0.25) is 28.4 Å². The third kappa shape index (κ3) is 9.65. The zero-order valence-electron chi connectivity index (χ0n) is 15.7. The summed E-state index contributed by atoms with van der Waals surface area (Å²) in [6, 6.07) is 0. The largest absolute Gasteiger partial charge is 0.479 e. The summed E-state index contributed by atoms with van der Waals surface area (Å²) in [5.74, 6) is -0.606. The van der Waals surface area contributed by atoms with E-state index in [4.69, 9.17) is 4.89 Å². The Morgan fingerprint density at radius 1 is 1.29 bits per heavy atom. The maximum Gasteiger partial charge on any atom is 0.479 e. The lowest BCUT2D eigenvalue weighted by Gasteiger charge is -2.14. The lowest BCUT2D eigenvalue weighted by molar-refractivity contribution is -0.138. The molecule has 1 fully saturated rings. The number of nitrogens with one attached hydrogen (secondary N) is 1. The standard InChI is InChI=1S/C14H26N2O9P2S/c1-26(20,21)25-27(22,23)24-9-7-15-12(17)6-4-3-5-8-16-13(18)10-11(28-2)14(16)19/h11H,3-10H2,1-2H3,(H,15,17)(H,20,21)(H,22,23). The number of carbonyl (C=O) groups excluding carboxylic acids is 3. The molecule has 1 saturated heterocycles. The van der Waals surface area contributed by atoms with Gasteiger partial charge in [-0.25, -0.2) is 8.88 Å². The Morgan fingerprint density at radius 2 is 1.96 bits per heavy atom. The SMILES string of the molecule is CSC1CC(=O)N(CCCCCC(=O)NCCOP(=O)(O)OP(C)(=O)O)C1=O. The van der Waals surface area contributed by atoms with Crippen LogP contribution in [0, 0.1) is 0 Å². The monoisotopic (exact) mass is 460 g/mol. The molecule has 3 amide bonds. The second-order valence-corrected chi connectivity index (χ2v) is 10.7. The van der Waals surface area contributed by atoms with Crippen LogP contribution in [0.15, 0.2) is 0 Å². The molecule has 0 aromatic rings. The van der Waals surface area contributed by atoms with E-state index >= 15 is 0 Å². The van der Waals surface area contributed by atoms with Crippen LogP contribution in [0.1, 0.15) is 32.1 Å². The number of rotatable bonds is 13. The van der Waals surface area contributed by atoms with Crippen molar-refractivity contribution < 1.29 is 42.1 Å². The molecule has 1 aliphatic rings. The predicted octanol–water partition coefficient (Wildman–Crippen LogP) is 1.10. The Bertz CT molecular complexity index is 669. The number of carbonyl (C=O) groups is 3. The molecule has 0 aromatic carbocycles. The van der Waals surface area contributed by atoms with Gasteiger partial charge in [0, 0.05) is 32.6 Å². The molecule has 0 aromatic heterocycles. The van der Waals surface area contributed by atoms with Crippen molar-refractivity contribution in [1.82, 2.24) is 10.2 Å². The normalized spacial score (nSPS) is 21.4. The number of phosphoric acid groups is 1. The van der Waals surface area contributed by atoms with Gasteiger partial charge in [-0.1, -0.05) is 6.42 Å². The molecule has 0 saturated carbocycles. The summed E-state index contributed by atoms with van der Waals surface area (Å²) in [6.07, 6.45) is 4.07. The molecule has 3 atom stereocenters. The zero-order valence-corrected chi connectivity index (χ0v) is 18.3. The molecule has 162 valence electrons. The van der Waals surface area contributed by atoms with Crippen LogP contribution in [0.5, 0.6) is 0 Å². The number of hydrogen-bond acceptors (Lipinski definition) is 8. The number of imide groups is 1. The Morgan fingerprint density at radius 3 is 2.54 bits per heavy atom. The predicted molar refractivity (Wildman–Crippen MR) is 103 cm³/mol. The summed E-state index contributed by atoms with van der Waals surface area (Å²) in [5, 5.41) is 2.18. The summed E-state index contributed by atoms with van der Waals surface area (Å²) in [4.78, 5) is 54.7. The lowest BCUT2D eigenvalue weighted by Crippen LogP contribution is -2.32. The highest BCUT2D eigenvalue weighted by molar-refractivity contribution is 8.00. The quantitative estimate of drug-likeness (QED) is 0.206. The molecule has 0 spiro atoms. The molecule has 0 radical (unpaired) electrons. The van der Waals surface area contributed by atoms with E-state index in [1.54, 1.807) is 6.26 Å². The Labute approximate surface area is 167 Å². The number of thioether (sulfide) groups is 1. The smallest absolute Gasteiger partial charge is 0.354 e. The van der Waals surface area contributed by atoms with E-state index < -0.39 is 15.4 Å². The van der Waals surface area contributed by atoms with E-state index in [1.165, 1.54) is 16.7 Å². The molecular weight excluding hydrogens is 434 g/mol. The number of phosphoric ester groups is 1. The molecule has 0 aliphatic carbocycles. The first-order chi connectivity index (χ1) is 12.9. The average Bonchev–Trinajstić information content (AvgIpc) is 2.83. The van der Waals surface area contributed by atoms with E-state index in [2.05, 4.69) is 14.2 Å². The second-order valence-electron chi connectivity index (χ2n) is 6.16. The van der Waals surface area contributed by atoms with Crippen molar-refractivity contribution in [1.29, 1.82) is 0 Å². The van der Waals surface area contributed by atoms with Crippen LogP contribution in [0.25, 0.3) is 0 Å². The van der Waals surface area contributed by atoms with Crippen LogP contribution in [-0.2, 0) is 32.3 Å². The van der Waals surface area contributed by atoms with Crippen molar-refractivity contribution in [3.8, 4) is 0 Å². The molecule has 28 heavy (non-hydrogen) atoms. The van der Waals surface area contributed by atoms with Gasteiger partial charge in [-0.15, -0.1) is 0 Å². The van der Waals surface area contributed by atoms with Gasteiger partial charge in [0.2, 0.25) is 17.7 Å². The summed E-state index contributed by atoms with van der Waals surface area (Å²) >= 11 is 1.37. The molecule has 1 rings (SSSR count). The van der Waals surface area contributed by atoms with Gasteiger partial charge in [0.25, 0.3) is 0 Å². The maximum absolute atomic E-state index is 11.9. The highest BCUT2D eigenvalue weighted by Crippen LogP contribution is 2.57. The van der Waals surface area contributed by atoms with Crippen molar-refractivity contribution >= 4 is 44.9 Å². The fourth-order valence-corrected chi connectivity index (χ4v) is 5.14. The van der Waals surface area contributed by atoms with Gasteiger partial charge >= 0.3 is 15.4 Å². The average molecular weight is 460 g/mol. The number of unbranched alkanes of at least 4 members (excludes halogenated alkanes) is 2. The second kappa shape index (κ2) is 11.4. The lowest BCUT2D eigenvalue weighted by atomic mass is 10.2. The molecule has 14 heteroatoms. The number of amides is 3. The molecule has 1 aliphatic heterocycles. The van der Waals surface area contributed by atoms with E-state index in [1.807, 2.05) is 0 Å². The summed E-state index contributed by atoms with van der Waals surface area (Å²) < 4.78 is 30.7. The number of hydrogen-bond donors (Lipinski definition) is 3. The number of likely N-dealkylation sites (tertiary alicyclic amines) is 1. The van der Waals surface area contributed by atoms with Crippen LogP contribution in [-0.4, -0.2) is 70.3 Å². The highest BCUT2D eigenvalue weighted by atomic mass is 32.2. The van der Waals surface area contributed by atoms with Crippen LogP contribution in [0.2, 0.25) is 0 Å². The topological polar surface area (TPSA) is 160 Å². The van der Waals surface area contributed by atoms with Crippen molar-refractivity contribution in [2.45, 2.75) is 37.4 Å². The van der Waals surface area contributed by atoms with Gasteiger partial charge in [-0.05, 0) is 19.1 Å². The molecule has 0 bridgehead atoms. The van der Waals surface area contributed by atoms with Gasteiger partial charge in [0.05, 0.1) is 11.9 Å².